The van der Waals surface area contributed by atoms with Crippen molar-refractivity contribution in [3.8, 4) is 0 Å². The van der Waals surface area contributed by atoms with Crippen molar-refractivity contribution in [2.75, 3.05) is 0 Å². The van der Waals surface area contributed by atoms with Gasteiger partial charge in [-0.25, -0.2) is 0 Å². The van der Waals surface area contributed by atoms with Gasteiger partial charge in [-0.15, -0.1) is 0 Å². The molecule has 0 saturated carbocycles. The summed E-state index contributed by atoms with van der Waals surface area (Å²) in [7, 11) is 0. The van der Waals surface area contributed by atoms with E-state index in [1.807, 2.05) is 0 Å². The van der Waals surface area contributed by atoms with Crippen molar-refractivity contribution in [3.05, 3.63) is 33.7 Å². The van der Waals surface area contributed by atoms with Crippen LogP contribution in [0, 0.1) is 3.57 Å². The summed E-state index contributed by atoms with van der Waals surface area (Å²) in [5, 5.41) is 0.819. The van der Waals surface area contributed by atoms with E-state index in [-0.39, 0.29) is 0 Å². The van der Waals surface area contributed by atoms with Gasteiger partial charge in [0.1, 0.15) is 5.52 Å². The van der Waals surface area contributed by atoms with Crippen LogP contribution in [0.2, 0.25) is 0 Å². The zero-order valence-electron chi connectivity index (χ0n) is 6.67. The maximum atomic E-state index is 4.32. The molecule has 1 aromatic heterocycles. The number of alkyl halides is 1. The van der Waals surface area contributed by atoms with Crippen molar-refractivity contribution >= 4 is 49.6 Å². The molecule has 0 fully saturated rings. The number of aromatic nitrogens is 2. The van der Waals surface area contributed by atoms with Crippen LogP contribution >= 0.6 is 38.5 Å². The summed E-state index contributed by atoms with van der Waals surface area (Å²) in [6.07, 6.45) is 3.45. The number of benzene rings is 1. The highest BCUT2D eigenvalue weighted by atomic mass is 127. The SMILES string of the molecule is BrCc1ccc(I)c2nccnc12. The lowest BCUT2D eigenvalue weighted by Crippen LogP contribution is -1.90. The molecule has 2 aromatic rings. The average Bonchev–Trinajstić information content (AvgIpc) is 2.19. The van der Waals surface area contributed by atoms with Crippen molar-refractivity contribution in [2.45, 2.75) is 5.33 Å². The van der Waals surface area contributed by atoms with Crippen LogP contribution in [0.4, 0.5) is 0 Å². The topological polar surface area (TPSA) is 25.8 Å². The van der Waals surface area contributed by atoms with Crippen LogP contribution < -0.4 is 0 Å². The number of halogens is 2. The monoisotopic (exact) mass is 348 g/mol. The van der Waals surface area contributed by atoms with E-state index in [0.29, 0.717) is 0 Å². The summed E-state index contributed by atoms with van der Waals surface area (Å²) in [6, 6.07) is 4.14. The quantitative estimate of drug-likeness (QED) is 0.584. The molecule has 0 aliphatic heterocycles. The van der Waals surface area contributed by atoms with Crippen molar-refractivity contribution in [1.29, 1.82) is 0 Å². The molecule has 0 atom stereocenters. The second-order valence-corrected chi connectivity index (χ2v) is 4.32. The highest BCUT2D eigenvalue weighted by molar-refractivity contribution is 14.1. The Morgan fingerprint density at radius 2 is 1.85 bits per heavy atom. The Hall–Kier alpha value is -0.230. The smallest absolute Gasteiger partial charge is 0.102 e. The van der Waals surface area contributed by atoms with Crippen LogP contribution in [-0.4, -0.2) is 9.97 Å². The molecular weight excluding hydrogens is 343 g/mol. The third-order valence-electron chi connectivity index (χ3n) is 1.80. The summed E-state index contributed by atoms with van der Waals surface area (Å²) in [4.78, 5) is 8.61. The lowest BCUT2D eigenvalue weighted by atomic mass is 10.2. The Balaban J connectivity index is 2.84. The Labute approximate surface area is 98.0 Å². The predicted molar refractivity (Wildman–Crippen MR) is 64.9 cm³/mol. The maximum absolute atomic E-state index is 4.32. The van der Waals surface area contributed by atoms with Gasteiger partial charge in [0, 0.05) is 21.3 Å². The molecule has 1 aromatic carbocycles. The van der Waals surface area contributed by atoms with E-state index in [9.17, 15) is 0 Å². The molecule has 0 N–H and O–H groups in total. The third-order valence-corrected chi connectivity index (χ3v) is 3.28. The molecule has 4 heteroatoms. The molecule has 66 valence electrons. The van der Waals surface area contributed by atoms with Crippen LogP contribution in [0.1, 0.15) is 5.56 Å². The minimum Gasteiger partial charge on any atom is -0.253 e. The highest BCUT2D eigenvalue weighted by Crippen LogP contribution is 2.21. The summed E-state index contributed by atoms with van der Waals surface area (Å²) >= 11 is 5.71. The first-order chi connectivity index (χ1) is 6.33. The predicted octanol–water partition coefficient (Wildman–Crippen LogP) is 3.13. The van der Waals surface area contributed by atoms with Gasteiger partial charge in [0.15, 0.2) is 0 Å². The Bertz CT molecular complexity index is 445. The van der Waals surface area contributed by atoms with E-state index in [0.717, 1.165) is 19.9 Å². The zero-order valence-corrected chi connectivity index (χ0v) is 10.4. The first-order valence-corrected chi connectivity index (χ1v) is 5.97. The standard InChI is InChI=1S/C9H6BrIN2/c10-5-6-1-2-7(11)9-8(6)12-3-4-13-9/h1-4H,5H2. The lowest BCUT2D eigenvalue weighted by Gasteiger charge is -2.02. The molecule has 2 rings (SSSR count). The lowest BCUT2D eigenvalue weighted by molar-refractivity contribution is 1.26. The Morgan fingerprint density at radius 1 is 1.15 bits per heavy atom. The van der Waals surface area contributed by atoms with Crippen LogP contribution in [0.15, 0.2) is 24.5 Å². The maximum Gasteiger partial charge on any atom is 0.102 e. The molecule has 0 saturated heterocycles. The van der Waals surface area contributed by atoms with Crippen LogP contribution in [0.5, 0.6) is 0 Å². The van der Waals surface area contributed by atoms with E-state index in [2.05, 4.69) is 60.6 Å². The molecule has 0 bridgehead atoms. The summed E-state index contributed by atoms with van der Waals surface area (Å²) in [6.45, 7) is 0. The van der Waals surface area contributed by atoms with Gasteiger partial charge in [0.05, 0.1) is 5.52 Å². The van der Waals surface area contributed by atoms with Gasteiger partial charge >= 0.3 is 0 Å². The second-order valence-electron chi connectivity index (χ2n) is 2.59. The van der Waals surface area contributed by atoms with Gasteiger partial charge in [-0.1, -0.05) is 22.0 Å². The van der Waals surface area contributed by atoms with E-state index < -0.39 is 0 Å². The van der Waals surface area contributed by atoms with Gasteiger partial charge in [-0.3, -0.25) is 9.97 Å². The largest absolute Gasteiger partial charge is 0.253 e. The van der Waals surface area contributed by atoms with Gasteiger partial charge in [-0.05, 0) is 34.2 Å². The van der Waals surface area contributed by atoms with Gasteiger partial charge in [0.2, 0.25) is 0 Å². The fourth-order valence-electron chi connectivity index (χ4n) is 1.19. The molecule has 2 nitrogen and oxygen atoms in total. The second kappa shape index (κ2) is 3.88. The minimum atomic E-state index is 0.819. The molecule has 0 amide bonds. The summed E-state index contributed by atoms with van der Waals surface area (Å²) in [5.41, 5.74) is 3.16. The molecule has 0 spiro atoms. The minimum absolute atomic E-state index is 0.819. The van der Waals surface area contributed by atoms with Gasteiger partial charge in [-0.2, -0.15) is 0 Å². The van der Waals surface area contributed by atoms with Crippen LogP contribution in [0.25, 0.3) is 11.0 Å². The highest BCUT2D eigenvalue weighted by Gasteiger charge is 2.04. The van der Waals surface area contributed by atoms with E-state index in [4.69, 9.17) is 0 Å². The van der Waals surface area contributed by atoms with Gasteiger partial charge < -0.3 is 0 Å². The van der Waals surface area contributed by atoms with Crippen molar-refractivity contribution in [1.82, 2.24) is 9.97 Å². The first kappa shape index (κ1) is 9.33. The fraction of sp³-hybridized carbons (Fsp3) is 0.111. The number of hydrogen-bond donors (Lipinski definition) is 0. The molecule has 0 unspecified atom stereocenters. The van der Waals surface area contributed by atoms with Crippen molar-refractivity contribution < 1.29 is 0 Å². The molecule has 0 aliphatic rings. The first-order valence-electron chi connectivity index (χ1n) is 3.77. The molecule has 13 heavy (non-hydrogen) atoms. The van der Waals surface area contributed by atoms with E-state index in [1.165, 1.54) is 5.56 Å². The fourth-order valence-corrected chi connectivity index (χ4v) is 2.21. The average molecular weight is 349 g/mol. The summed E-state index contributed by atoms with van der Waals surface area (Å²) in [5.74, 6) is 0. The Kier molecular flexibility index (Phi) is 2.78. The summed E-state index contributed by atoms with van der Waals surface area (Å²) < 4.78 is 1.14. The molecule has 1 heterocycles. The van der Waals surface area contributed by atoms with Crippen LogP contribution in [0.3, 0.4) is 0 Å². The van der Waals surface area contributed by atoms with Gasteiger partial charge in [0.25, 0.3) is 0 Å². The molecular formula is C9H6BrIN2. The number of rotatable bonds is 1. The molecule has 0 radical (unpaired) electrons. The normalized spacial score (nSPS) is 10.6. The van der Waals surface area contributed by atoms with Crippen molar-refractivity contribution in [3.63, 3.8) is 0 Å². The molecule has 0 aliphatic carbocycles. The Morgan fingerprint density at radius 3 is 2.54 bits per heavy atom. The van der Waals surface area contributed by atoms with Crippen molar-refractivity contribution in [2.24, 2.45) is 0 Å². The zero-order chi connectivity index (χ0) is 9.26. The number of nitrogens with zero attached hydrogens (tertiary/aromatic N) is 2. The third kappa shape index (κ3) is 1.69. The van der Waals surface area contributed by atoms with E-state index >= 15 is 0 Å². The van der Waals surface area contributed by atoms with Crippen LogP contribution in [-0.2, 0) is 5.33 Å². The number of fused-ring (bicyclic) bond motifs is 1. The van der Waals surface area contributed by atoms with E-state index in [1.54, 1.807) is 12.4 Å². The number of hydrogen-bond acceptors (Lipinski definition) is 2.